The lowest BCUT2D eigenvalue weighted by Gasteiger charge is -2.06. The van der Waals surface area contributed by atoms with Gasteiger partial charge in [-0.3, -0.25) is 0 Å². The van der Waals surface area contributed by atoms with Crippen LogP contribution in [0.25, 0.3) is 0 Å². The maximum absolute atomic E-state index is 11.6. The minimum atomic E-state index is -1.05. The molecule has 0 amide bonds. The summed E-state index contributed by atoms with van der Waals surface area (Å²) < 4.78 is 9.67. The molecule has 1 rings (SSSR count). The van der Waals surface area contributed by atoms with E-state index in [-0.39, 0.29) is 19.8 Å². The maximum Gasteiger partial charge on any atom is 0.338 e. The summed E-state index contributed by atoms with van der Waals surface area (Å²) in [5.74, 6) is -1.47. The molecule has 0 aromatic heterocycles. The molecule has 0 spiro atoms. The van der Waals surface area contributed by atoms with Crippen molar-refractivity contribution < 1.29 is 24.2 Å². The van der Waals surface area contributed by atoms with E-state index >= 15 is 0 Å². The van der Waals surface area contributed by atoms with Gasteiger partial charge in [0.05, 0.1) is 12.2 Å². The molecule has 5 heteroatoms. The fourth-order valence-corrected chi connectivity index (χ4v) is 1.23. The number of aryl methyl sites for hydroxylation is 1. The number of carboxylic acid groups (broad SMARTS) is 1. The number of hydrogen-bond acceptors (Lipinski definition) is 4. The summed E-state index contributed by atoms with van der Waals surface area (Å²) in [5.41, 5.74) is 1.34. The molecule has 0 aliphatic rings. The fraction of sp³-hybridized carbons (Fsp3) is 0.333. The first-order valence-corrected chi connectivity index (χ1v) is 5.13. The van der Waals surface area contributed by atoms with Crippen LogP contribution in [0.4, 0.5) is 0 Å². The van der Waals surface area contributed by atoms with Crippen LogP contribution < -0.4 is 0 Å². The highest BCUT2D eigenvalue weighted by molar-refractivity contribution is 5.90. The number of carbonyl (C=O) groups is 2. The number of rotatable bonds is 6. The number of aliphatic carboxylic acids is 1. The molecule has 1 aromatic carbocycles. The van der Waals surface area contributed by atoms with Crippen LogP contribution in [-0.4, -0.2) is 36.9 Å². The van der Waals surface area contributed by atoms with Gasteiger partial charge in [-0.1, -0.05) is 18.2 Å². The van der Waals surface area contributed by atoms with E-state index in [1.807, 2.05) is 19.1 Å². The average molecular weight is 238 g/mol. The molecule has 0 heterocycles. The first-order valence-electron chi connectivity index (χ1n) is 5.13. The second-order valence-electron chi connectivity index (χ2n) is 3.40. The van der Waals surface area contributed by atoms with Gasteiger partial charge in [0.15, 0.2) is 0 Å². The first kappa shape index (κ1) is 13.2. The maximum atomic E-state index is 11.6. The minimum Gasteiger partial charge on any atom is -0.480 e. The van der Waals surface area contributed by atoms with Gasteiger partial charge in [0, 0.05) is 0 Å². The molecule has 0 unspecified atom stereocenters. The third kappa shape index (κ3) is 4.65. The van der Waals surface area contributed by atoms with Crippen LogP contribution in [0, 0.1) is 6.92 Å². The van der Waals surface area contributed by atoms with Crippen molar-refractivity contribution in [3.63, 3.8) is 0 Å². The van der Waals surface area contributed by atoms with Crippen molar-refractivity contribution in [3.05, 3.63) is 35.4 Å². The molecular weight excluding hydrogens is 224 g/mol. The lowest BCUT2D eigenvalue weighted by molar-refractivity contribution is -0.142. The zero-order valence-corrected chi connectivity index (χ0v) is 9.51. The van der Waals surface area contributed by atoms with Gasteiger partial charge in [-0.05, 0) is 18.6 Å². The van der Waals surface area contributed by atoms with Gasteiger partial charge in [-0.25, -0.2) is 9.59 Å². The molecule has 0 fully saturated rings. The number of esters is 1. The Bertz CT molecular complexity index is 400. The second-order valence-corrected chi connectivity index (χ2v) is 3.40. The number of carboxylic acids is 1. The lowest BCUT2D eigenvalue weighted by Crippen LogP contribution is -2.14. The Morgan fingerprint density at radius 2 is 1.94 bits per heavy atom. The molecule has 0 bridgehead atoms. The van der Waals surface area contributed by atoms with Crippen molar-refractivity contribution in [1.29, 1.82) is 0 Å². The van der Waals surface area contributed by atoms with Crippen molar-refractivity contribution in [2.45, 2.75) is 6.92 Å². The summed E-state index contributed by atoms with van der Waals surface area (Å²) in [7, 11) is 0. The summed E-state index contributed by atoms with van der Waals surface area (Å²) in [6.45, 7) is 1.55. The monoisotopic (exact) mass is 238 g/mol. The van der Waals surface area contributed by atoms with Gasteiger partial charge in [0.25, 0.3) is 0 Å². The first-order chi connectivity index (χ1) is 8.11. The third-order valence-electron chi connectivity index (χ3n) is 2.05. The summed E-state index contributed by atoms with van der Waals surface area (Å²) in [6, 6.07) is 7.08. The Morgan fingerprint density at radius 1 is 1.24 bits per heavy atom. The van der Waals surface area contributed by atoms with Crippen LogP contribution in [0.1, 0.15) is 15.9 Å². The fourth-order valence-electron chi connectivity index (χ4n) is 1.23. The van der Waals surface area contributed by atoms with Crippen molar-refractivity contribution in [2.75, 3.05) is 19.8 Å². The van der Waals surface area contributed by atoms with E-state index in [1.54, 1.807) is 12.1 Å². The Hall–Kier alpha value is -1.88. The molecule has 0 radical (unpaired) electrons. The molecule has 0 aliphatic heterocycles. The molecule has 0 saturated carbocycles. The molecule has 1 N–H and O–H groups in total. The molecule has 0 atom stereocenters. The normalized spacial score (nSPS) is 9.94. The smallest absolute Gasteiger partial charge is 0.338 e. The zero-order chi connectivity index (χ0) is 12.7. The van der Waals surface area contributed by atoms with E-state index in [9.17, 15) is 9.59 Å². The van der Waals surface area contributed by atoms with Crippen LogP contribution in [0.15, 0.2) is 24.3 Å². The molecular formula is C12H14O5. The van der Waals surface area contributed by atoms with E-state index in [0.717, 1.165) is 5.56 Å². The van der Waals surface area contributed by atoms with Crippen LogP contribution >= 0.6 is 0 Å². The topological polar surface area (TPSA) is 72.8 Å². The van der Waals surface area contributed by atoms with Gasteiger partial charge in [-0.15, -0.1) is 0 Å². The molecule has 92 valence electrons. The Morgan fingerprint density at radius 3 is 2.59 bits per heavy atom. The predicted molar refractivity (Wildman–Crippen MR) is 59.9 cm³/mol. The van der Waals surface area contributed by atoms with Gasteiger partial charge < -0.3 is 14.6 Å². The zero-order valence-electron chi connectivity index (χ0n) is 9.51. The third-order valence-corrected chi connectivity index (χ3v) is 2.05. The van der Waals surface area contributed by atoms with E-state index in [4.69, 9.17) is 14.6 Å². The Labute approximate surface area is 99.0 Å². The Kier molecular flexibility index (Phi) is 5.16. The van der Waals surface area contributed by atoms with E-state index < -0.39 is 11.9 Å². The number of ether oxygens (including phenoxy) is 2. The molecule has 0 aliphatic carbocycles. The minimum absolute atomic E-state index is 0.0421. The van der Waals surface area contributed by atoms with E-state index in [1.165, 1.54) is 0 Å². The van der Waals surface area contributed by atoms with Gasteiger partial charge >= 0.3 is 11.9 Å². The van der Waals surface area contributed by atoms with Crippen molar-refractivity contribution >= 4 is 11.9 Å². The van der Waals surface area contributed by atoms with Crippen LogP contribution in [0.3, 0.4) is 0 Å². The summed E-state index contributed by atoms with van der Waals surface area (Å²) in [5, 5.41) is 8.30. The van der Waals surface area contributed by atoms with Crippen molar-refractivity contribution in [1.82, 2.24) is 0 Å². The van der Waals surface area contributed by atoms with Gasteiger partial charge in [0.2, 0.25) is 0 Å². The predicted octanol–water partition coefficient (Wildman–Crippen LogP) is 1.25. The average Bonchev–Trinajstić information content (AvgIpc) is 2.28. The molecule has 0 saturated heterocycles. The highest BCUT2D eigenvalue weighted by Crippen LogP contribution is 2.08. The van der Waals surface area contributed by atoms with Crippen molar-refractivity contribution in [2.24, 2.45) is 0 Å². The standard InChI is InChI=1S/C12H14O5/c1-9-4-2-3-5-10(9)12(15)17-7-6-16-8-11(13)14/h2-5H,6-8H2,1H3,(H,13,14). The number of benzene rings is 1. The highest BCUT2D eigenvalue weighted by atomic mass is 16.6. The summed E-state index contributed by atoms with van der Waals surface area (Å²) in [4.78, 5) is 21.7. The second kappa shape index (κ2) is 6.65. The van der Waals surface area contributed by atoms with Crippen LogP contribution in [0.2, 0.25) is 0 Å². The van der Waals surface area contributed by atoms with Crippen LogP contribution in [0.5, 0.6) is 0 Å². The Balaban J connectivity index is 2.31. The van der Waals surface area contributed by atoms with E-state index in [0.29, 0.717) is 5.56 Å². The lowest BCUT2D eigenvalue weighted by atomic mass is 10.1. The van der Waals surface area contributed by atoms with E-state index in [2.05, 4.69) is 0 Å². The molecule has 1 aromatic rings. The SMILES string of the molecule is Cc1ccccc1C(=O)OCCOCC(=O)O. The van der Waals surface area contributed by atoms with Gasteiger partial charge in [0.1, 0.15) is 13.2 Å². The largest absolute Gasteiger partial charge is 0.480 e. The molecule has 5 nitrogen and oxygen atoms in total. The highest BCUT2D eigenvalue weighted by Gasteiger charge is 2.09. The van der Waals surface area contributed by atoms with Crippen LogP contribution in [-0.2, 0) is 14.3 Å². The molecule has 17 heavy (non-hydrogen) atoms. The quantitative estimate of drug-likeness (QED) is 0.596. The summed E-state index contributed by atoms with van der Waals surface area (Å²) in [6.07, 6.45) is 0. The number of carbonyl (C=O) groups excluding carboxylic acids is 1. The number of hydrogen-bond donors (Lipinski definition) is 1. The van der Waals surface area contributed by atoms with Gasteiger partial charge in [-0.2, -0.15) is 0 Å². The summed E-state index contributed by atoms with van der Waals surface area (Å²) >= 11 is 0. The van der Waals surface area contributed by atoms with Crippen molar-refractivity contribution in [3.8, 4) is 0 Å².